The molecule has 0 atom stereocenters. The molecule has 1 aromatic rings. The number of anilines is 1. The number of carboxylic acid groups (broad SMARTS) is 1. The lowest BCUT2D eigenvalue weighted by Crippen LogP contribution is -2.37. The fraction of sp³-hybridized carbons (Fsp3) is 0.429. The predicted molar refractivity (Wildman–Crippen MR) is 73.2 cm³/mol. The van der Waals surface area contributed by atoms with E-state index in [0.29, 0.717) is 6.10 Å². The van der Waals surface area contributed by atoms with Gasteiger partial charge in [0.05, 0.1) is 6.10 Å². The minimum atomic E-state index is -0.953. The van der Waals surface area contributed by atoms with Crippen molar-refractivity contribution in [2.24, 2.45) is 0 Å². The van der Waals surface area contributed by atoms with Gasteiger partial charge in [0, 0.05) is 32.5 Å². The number of carboxylic acids is 1. The Morgan fingerprint density at radius 3 is 2.74 bits per heavy atom. The summed E-state index contributed by atoms with van der Waals surface area (Å²) in [4.78, 5) is 17.0. The van der Waals surface area contributed by atoms with Gasteiger partial charge < -0.3 is 14.7 Å². The van der Waals surface area contributed by atoms with Crippen molar-refractivity contribution in [3.63, 3.8) is 0 Å². The summed E-state index contributed by atoms with van der Waals surface area (Å²) < 4.78 is 5.34. The molecule has 1 aromatic heterocycles. The van der Waals surface area contributed by atoms with E-state index in [1.54, 1.807) is 13.3 Å². The van der Waals surface area contributed by atoms with Gasteiger partial charge in [-0.1, -0.05) is 0 Å². The van der Waals surface area contributed by atoms with Crippen molar-refractivity contribution in [3.05, 3.63) is 30.0 Å². The molecule has 1 N–H and O–H groups in total. The minimum Gasteiger partial charge on any atom is -0.478 e. The number of ether oxygens (including phenoxy) is 1. The van der Waals surface area contributed by atoms with E-state index in [1.807, 2.05) is 12.1 Å². The Balaban J connectivity index is 1.97. The molecule has 0 aromatic carbocycles. The number of carbonyl (C=O) groups is 1. The summed E-state index contributed by atoms with van der Waals surface area (Å²) >= 11 is 0. The van der Waals surface area contributed by atoms with Gasteiger partial charge in [-0.25, -0.2) is 9.78 Å². The first-order valence-corrected chi connectivity index (χ1v) is 6.34. The molecule has 0 amide bonds. The highest BCUT2D eigenvalue weighted by Gasteiger charge is 2.19. The van der Waals surface area contributed by atoms with E-state index in [-0.39, 0.29) is 0 Å². The van der Waals surface area contributed by atoms with Crippen LogP contribution in [-0.2, 0) is 9.53 Å². The van der Waals surface area contributed by atoms with Crippen LogP contribution in [0.15, 0.2) is 24.4 Å². The van der Waals surface area contributed by atoms with Crippen LogP contribution < -0.4 is 4.90 Å². The highest BCUT2D eigenvalue weighted by atomic mass is 16.5. The van der Waals surface area contributed by atoms with Gasteiger partial charge in [-0.3, -0.25) is 0 Å². The summed E-state index contributed by atoms with van der Waals surface area (Å²) in [5.41, 5.74) is 0.790. The number of methoxy groups -OCH3 is 1. The molecule has 5 heteroatoms. The van der Waals surface area contributed by atoms with Crippen LogP contribution >= 0.6 is 0 Å². The van der Waals surface area contributed by atoms with Crippen molar-refractivity contribution >= 4 is 17.9 Å². The van der Waals surface area contributed by atoms with Crippen molar-refractivity contribution in [1.29, 1.82) is 0 Å². The standard InChI is InChI=1S/C14H18N2O3/c1-19-12-6-8-16(9-7-12)13-4-2-11(10-15-13)3-5-14(17)18/h2-5,10,12H,6-9H2,1H3,(H,17,18)/b5-3+. The molecule has 1 aliphatic rings. The third-order valence-electron chi connectivity index (χ3n) is 3.29. The molecule has 1 aliphatic heterocycles. The maximum Gasteiger partial charge on any atom is 0.328 e. The molecule has 0 bridgehead atoms. The van der Waals surface area contributed by atoms with E-state index in [9.17, 15) is 4.79 Å². The van der Waals surface area contributed by atoms with Crippen LogP contribution in [-0.4, -0.2) is 42.4 Å². The van der Waals surface area contributed by atoms with Gasteiger partial charge in [0.25, 0.3) is 0 Å². The van der Waals surface area contributed by atoms with E-state index >= 15 is 0 Å². The molecule has 1 fully saturated rings. The number of nitrogens with zero attached hydrogens (tertiary/aromatic N) is 2. The summed E-state index contributed by atoms with van der Waals surface area (Å²) in [6.45, 7) is 1.88. The smallest absolute Gasteiger partial charge is 0.328 e. The number of aliphatic carboxylic acids is 1. The second-order valence-corrected chi connectivity index (χ2v) is 4.54. The first-order chi connectivity index (χ1) is 9.19. The molecule has 1 saturated heterocycles. The lowest BCUT2D eigenvalue weighted by atomic mass is 10.1. The van der Waals surface area contributed by atoms with Crippen LogP contribution in [0.2, 0.25) is 0 Å². The van der Waals surface area contributed by atoms with Crippen molar-refractivity contribution in [3.8, 4) is 0 Å². The second-order valence-electron chi connectivity index (χ2n) is 4.54. The minimum absolute atomic E-state index is 0.356. The molecular weight excluding hydrogens is 244 g/mol. The van der Waals surface area contributed by atoms with Gasteiger partial charge in [-0.05, 0) is 36.6 Å². The summed E-state index contributed by atoms with van der Waals surface area (Å²) in [5, 5.41) is 8.55. The number of rotatable bonds is 4. The van der Waals surface area contributed by atoms with Gasteiger partial charge in [-0.2, -0.15) is 0 Å². The second kappa shape index (κ2) is 6.33. The molecule has 0 saturated carbocycles. The maximum atomic E-state index is 10.4. The van der Waals surface area contributed by atoms with Crippen molar-refractivity contribution in [2.75, 3.05) is 25.1 Å². The van der Waals surface area contributed by atoms with Gasteiger partial charge in [0.1, 0.15) is 5.82 Å². The summed E-state index contributed by atoms with van der Waals surface area (Å²) in [7, 11) is 1.75. The topological polar surface area (TPSA) is 62.7 Å². The molecule has 2 heterocycles. The normalized spacial score (nSPS) is 17.0. The molecule has 2 rings (SSSR count). The van der Waals surface area contributed by atoms with Gasteiger partial charge >= 0.3 is 5.97 Å². The molecule has 5 nitrogen and oxygen atoms in total. The first-order valence-electron chi connectivity index (χ1n) is 6.34. The first kappa shape index (κ1) is 13.5. The molecule has 0 unspecified atom stereocenters. The number of hydrogen-bond donors (Lipinski definition) is 1. The SMILES string of the molecule is COC1CCN(c2ccc(/C=C/C(=O)O)cn2)CC1. The molecule has 19 heavy (non-hydrogen) atoms. The zero-order valence-corrected chi connectivity index (χ0v) is 11.0. The fourth-order valence-corrected chi connectivity index (χ4v) is 2.17. The van der Waals surface area contributed by atoms with Gasteiger partial charge in [-0.15, -0.1) is 0 Å². The van der Waals surface area contributed by atoms with E-state index in [1.165, 1.54) is 6.08 Å². The molecule has 0 aliphatic carbocycles. The van der Waals surface area contributed by atoms with Crippen LogP contribution in [0.1, 0.15) is 18.4 Å². The molecule has 102 valence electrons. The lowest BCUT2D eigenvalue weighted by molar-refractivity contribution is -0.131. The average molecular weight is 262 g/mol. The quantitative estimate of drug-likeness (QED) is 0.838. The van der Waals surface area contributed by atoms with E-state index in [2.05, 4.69) is 9.88 Å². The Labute approximate surface area is 112 Å². The lowest BCUT2D eigenvalue weighted by Gasteiger charge is -2.32. The van der Waals surface area contributed by atoms with Gasteiger partial charge in [0.2, 0.25) is 0 Å². The monoisotopic (exact) mass is 262 g/mol. The maximum absolute atomic E-state index is 10.4. The number of pyridine rings is 1. The number of piperidine rings is 1. The Hall–Kier alpha value is -1.88. The Bertz CT molecular complexity index is 448. The number of hydrogen-bond acceptors (Lipinski definition) is 4. The van der Waals surface area contributed by atoms with Crippen LogP contribution in [0, 0.1) is 0 Å². The Kier molecular flexibility index (Phi) is 4.52. The highest BCUT2D eigenvalue weighted by molar-refractivity contribution is 5.85. The zero-order valence-electron chi connectivity index (χ0n) is 11.0. The van der Waals surface area contributed by atoms with E-state index in [4.69, 9.17) is 9.84 Å². The molecule has 0 spiro atoms. The largest absolute Gasteiger partial charge is 0.478 e. The third kappa shape index (κ3) is 3.79. The fourth-order valence-electron chi connectivity index (χ4n) is 2.17. The Morgan fingerprint density at radius 2 is 2.21 bits per heavy atom. The number of aromatic nitrogens is 1. The van der Waals surface area contributed by atoms with Gasteiger partial charge in [0.15, 0.2) is 0 Å². The predicted octanol–water partition coefficient (Wildman–Crippen LogP) is 1.79. The van der Waals surface area contributed by atoms with Crippen LogP contribution in [0.3, 0.4) is 0 Å². The zero-order chi connectivity index (χ0) is 13.7. The average Bonchev–Trinajstić information content (AvgIpc) is 2.46. The molecular formula is C14H18N2O3. The van der Waals surface area contributed by atoms with Crippen molar-refractivity contribution in [2.45, 2.75) is 18.9 Å². The Morgan fingerprint density at radius 1 is 1.47 bits per heavy atom. The van der Waals surface area contributed by atoms with E-state index in [0.717, 1.165) is 43.4 Å². The van der Waals surface area contributed by atoms with Crippen molar-refractivity contribution in [1.82, 2.24) is 4.98 Å². The highest BCUT2D eigenvalue weighted by Crippen LogP contribution is 2.19. The summed E-state index contributed by atoms with van der Waals surface area (Å²) in [6.07, 6.45) is 6.72. The van der Waals surface area contributed by atoms with Crippen LogP contribution in [0.4, 0.5) is 5.82 Å². The van der Waals surface area contributed by atoms with Crippen LogP contribution in [0.25, 0.3) is 6.08 Å². The third-order valence-corrected chi connectivity index (χ3v) is 3.29. The van der Waals surface area contributed by atoms with Crippen molar-refractivity contribution < 1.29 is 14.6 Å². The van der Waals surface area contributed by atoms with Crippen LogP contribution in [0.5, 0.6) is 0 Å². The summed E-state index contributed by atoms with van der Waals surface area (Å²) in [5.74, 6) is -0.0206. The molecule has 0 radical (unpaired) electrons. The van der Waals surface area contributed by atoms with E-state index < -0.39 is 5.97 Å². The summed E-state index contributed by atoms with van der Waals surface area (Å²) in [6, 6.07) is 3.80.